The van der Waals surface area contributed by atoms with E-state index in [1.165, 1.54) is 18.3 Å². The Morgan fingerprint density at radius 2 is 2.41 bits per heavy atom. The minimum Gasteiger partial charge on any atom is -0.466 e. The molecule has 0 aromatic carbocycles. The second kappa shape index (κ2) is 6.37. The van der Waals surface area contributed by atoms with Crippen molar-refractivity contribution in [2.75, 3.05) is 6.61 Å². The van der Waals surface area contributed by atoms with Crippen LogP contribution in [0.1, 0.15) is 18.9 Å². The molecule has 0 atom stereocenters. The maximum absolute atomic E-state index is 11.0. The third-order valence-corrected chi connectivity index (χ3v) is 1.88. The van der Waals surface area contributed by atoms with E-state index in [9.17, 15) is 14.9 Å². The Kier molecular flexibility index (Phi) is 4.80. The van der Waals surface area contributed by atoms with Crippen LogP contribution in [0.2, 0.25) is 0 Å². The number of nitro groups is 1. The van der Waals surface area contributed by atoms with Gasteiger partial charge in [0.1, 0.15) is 6.20 Å². The van der Waals surface area contributed by atoms with Gasteiger partial charge in [0.25, 0.3) is 0 Å². The molecule has 0 fully saturated rings. The predicted octanol–water partition coefficient (Wildman–Crippen LogP) is 1.96. The van der Waals surface area contributed by atoms with Gasteiger partial charge in [-0.2, -0.15) is 0 Å². The first-order valence-electron chi connectivity index (χ1n) is 5.06. The number of carbonyl (C=O) groups is 1. The standard InChI is InChI=1S/C11H12N2O4/c1-2-17-10(14)7-3-5-9-6-4-8-12-11(9)13(15)16/h3-6,8H,2,7H2,1H3. The molecule has 0 aliphatic rings. The summed E-state index contributed by atoms with van der Waals surface area (Å²) in [5.74, 6) is -0.595. The quantitative estimate of drug-likeness (QED) is 0.443. The van der Waals surface area contributed by atoms with Crippen LogP contribution in [0.5, 0.6) is 0 Å². The van der Waals surface area contributed by atoms with E-state index in [0.717, 1.165) is 0 Å². The summed E-state index contributed by atoms with van der Waals surface area (Å²) in [6.07, 6.45) is 4.44. The van der Waals surface area contributed by atoms with Gasteiger partial charge in [-0.25, -0.2) is 0 Å². The summed E-state index contributed by atoms with van der Waals surface area (Å²) in [5.41, 5.74) is 0.363. The lowest BCUT2D eigenvalue weighted by Gasteiger charge is -1.97. The van der Waals surface area contributed by atoms with Crippen molar-refractivity contribution in [3.8, 4) is 0 Å². The average Bonchev–Trinajstić information content (AvgIpc) is 2.30. The molecule has 0 bridgehead atoms. The molecule has 0 unspecified atom stereocenters. The van der Waals surface area contributed by atoms with Crippen molar-refractivity contribution in [3.63, 3.8) is 0 Å². The second-order valence-corrected chi connectivity index (χ2v) is 3.08. The minimum absolute atomic E-state index is 0.0832. The molecule has 0 radical (unpaired) electrons. The monoisotopic (exact) mass is 236 g/mol. The van der Waals surface area contributed by atoms with E-state index in [0.29, 0.717) is 12.2 Å². The van der Waals surface area contributed by atoms with Gasteiger partial charge in [-0.15, -0.1) is 0 Å². The Hall–Kier alpha value is -2.24. The van der Waals surface area contributed by atoms with Gasteiger partial charge >= 0.3 is 11.8 Å². The van der Waals surface area contributed by atoms with E-state index in [2.05, 4.69) is 4.98 Å². The fraction of sp³-hybridized carbons (Fsp3) is 0.273. The number of nitrogens with zero attached hydrogens (tertiary/aromatic N) is 2. The van der Waals surface area contributed by atoms with Gasteiger partial charge in [-0.1, -0.05) is 6.08 Å². The van der Waals surface area contributed by atoms with Gasteiger partial charge in [-0.05, 0) is 35.0 Å². The highest BCUT2D eigenvalue weighted by molar-refractivity contribution is 5.73. The first kappa shape index (κ1) is 12.8. The van der Waals surface area contributed by atoms with E-state index >= 15 is 0 Å². The molecule has 0 aliphatic heterocycles. The molecule has 0 spiro atoms. The normalized spacial score (nSPS) is 10.4. The van der Waals surface area contributed by atoms with Crippen molar-refractivity contribution in [1.82, 2.24) is 4.98 Å². The van der Waals surface area contributed by atoms with Crippen molar-refractivity contribution in [1.29, 1.82) is 0 Å². The lowest BCUT2D eigenvalue weighted by atomic mass is 10.2. The van der Waals surface area contributed by atoms with Gasteiger partial charge < -0.3 is 14.9 Å². The number of hydrogen-bond acceptors (Lipinski definition) is 5. The minimum atomic E-state index is -0.565. The Balaban J connectivity index is 2.71. The number of pyridine rings is 1. The van der Waals surface area contributed by atoms with Crippen LogP contribution in [0.25, 0.3) is 6.08 Å². The molecule has 1 heterocycles. The first-order chi connectivity index (χ1) is 8.15. The van der Waals surface area contributed by atoms with Crippen molar-refractivity contribution in [2.45, 2.75) is 13.3 Å². The van der Waals surface area contributed by atoms with E-state index in [4.69, 9.17) is 4.74 Å². The van der Waals surface area contributed by atoms with Gasteiger partial charge in [-0.3, -0.25) is 4.79 Å². The van der Waals surface area contributed by atoms with Crippen molar-refractivity contribution < 1.29 is 14.5 Å². The summed E-state index contributed by atoms with van der Waals surface area (Å²) in [6, 6.07) is 3.16. The SMILES string of the molecule is CCOC(=O)CC=Cc1cccnc1[N+](=O)[O-]. The summed E-state index contributed by atoms with van der Waals surface area (Å²) < 4.78 is 4.72. The van der Waals surface area contributed by atoms with Gasteiger partial charge in [0, 0.05) is 0 Å². The van der Waals surface area contributed by atoms with Crippen molar-refractivity contribution in [2.24, 2.45) is 0 Å². The Morgan fingerprint density at radius 1 is 1.65 bits per heavy atom. The maximum Gasteiger partial charge on any atom is 0.370 e. The molecule has 0 amide bonds. The van der Waals surface area contributed by atoms with E-state index in [1.807, 2.05) is 0 Å². The third-order valence-electron chi connectivity index (χ3n) is 1.88. The summed E-state index contributed by atoms with van der Waals surface area (Å²) in [6.45, 7) is 2.04. The molecule has 1 aromatic heterocycles. The van der Waals surface area contributed by atoms with Gasteiger partial charge in [0.15, 0.2) is 0 Å². The molecule has 0 aliphatic carbocycles. The summed E-state index contributed by atoms with van der Waals surface area (Å²) in [5, 5.41) is 10.6. The predicted molar refractivity (Wildman–Crippen MR) is 61.2 cm³/mol. The number of ether oxygens (including phenoxy) is 1. The fourth-order valence-corrected chi connectivity index (χ4v) is 1.19. The molecule has 0 saturated heterocycles. The number of hydrogen-bond donors (Lipinski definition) is 0. The molecule has 0 saturated carbocycles. The summed E-state index contributed by atoms with van der Waals surface area (Å²) >= 11 is 0. The van der Waals surface area contributed by atoms with Gasteiger partial charge in [0.05, 0.1) is 18.6 Å². The molecule has 1 aromatic rings. The molecular formula is C11H12N2O4. The summed E-state index contributed by atoms with van der Waals surface area (Å²) in [7, 11) is 0. The summed E-state index contributed by atoms with van der Waals surface area (Å²) in [4.78, 5) is 24.7. The van der Waals surface area contributed by atoms with Crippen LogP contribution in [-0.2, 0) is 9.53 Å². The van der Waals surface area contributed by atoms with Crippen LogP contribution in [0, 0.1) is 10.1 Å². The van der Waals surface area contributed by atoms with Crippen LogP contribution in [0.3, 0.4) is 0 Å². The highest BCUT2D eigenvalue weighted by atomic mass is 16.6. The van der Waals surface area contributed by atoms with Crippen LogP contribution >= 0.6 is 0 Å². The Labute approximate surface area is 98.1 Å². The highest BCUT2D eigenvalue weighted by Gasteiger charge is 2.10. The first-order valence-corrected chi connectivity index (χ1v) is 5.06. The average molecular weight is 236 g/mol. The topological polar surface area (TPSA) is 82.3 Å². The number of carbonyl (C=O) groups excluding carboxylic acids is 1. The lowest BCUT2D eigenvalue weighted by molar-refractivity contribution is -0.389. The van der Waals surface area contributed by atoms with Crippen molar-refractivity contribution >= 4 is 17.9 Å². The Bertz CT molecular complexity index is 443. The number of rotatable bonds is 5. The van der Waals surface area contributed by atoms with Crippen molar-refractivity contribution in [3.05, 3.63) is 40.1 Å². The number of aromatic nitrogens is 1. The van der Waals surface area contributed by atoms with Crippen LogP contribution in [0.15, 0.2) is 24.4 Å². The Morgan fingerprint density at radius 3 is 3.06 bits per heavy atom. The smallest absolute Gasteiger partial charge is 0.370 e. The molecule has 17 heavy (non-hydrogen) atoms. The number of esters is 1. The van der Waals surface area contributed by atoms with Crippen LogP contribution < -0.4 is 0 Å². The highest BCUT2D eigenvalue weighted by Crippen LogP contribution is 2.15. The molecule has 1 rings (SSSR count). The maximum atomic E-state index is 11.0. The van der Waals surface area contributed by atoms with E-state index in [1.54, 1.807) is 19.1 Å². The van der Waals surface area contributed by atoms with E-state index in [-0.39, 0.29) is 18.2 Å². The fourth-order valence-electron chi connectivity index (χ4n) is 1.19. The molecule has 6 heteroatoms. The zero-order chi connectivity index (χ0) is 12.7. The van der Waals surface area contributed by atoms with Gasteiger partial charge in [0.2, 0.25) is 0 Å². The molecule has 0 N–H and O–H groups in total. The molecule has 90 valence electrons. The van der Waals surface area contributed by atoms with E-state index < -0.39 is 4.92 Å². The zero-order valence-corrected chi connectivity index (χ0v) is 9.33. The van der Waals surface area contributed by atoms with Crippen LogP contribution in [0.4, 0.5) is 5.82 Å². The molecular weight excluding hydrogens is 224 g/mol. The van der Waals surface area contributed by atoms with Crippen LogP contribution in [-0.4, -0.2) is 22.5 Å². The lowest BCUT2D eigenvalue weighted by Crippen LogP contribution is -2.01. The largest absolute Gasteiger partial charge is 0.466 e. The second-order valence-electron chi connectivity index (χ2n) is 3.08. The zero-order valence-electron chi connectivity index (χ0n) is 9.33. The molecule has 6 nitrogen and oxygen atoms in total. The third kappa shape index (κ3) is 4.02.